The van der Waals surface area contributed by atoms with Gasteiger partial charge >= 0.3 is 13.5 Å². The summed E-state index contributed by atoms with van der Waals surface area (Å²) in [6.07, 6.45) is 7.01. The minimum Gasteiger partial charge on any atom is -0.372 e. The topological polar surface area (TPSA) is 129 Å². The normalized spacial score (nSPS) is 23.1. The Morgan fingerprint density at radius 2 is 1.97 bits per heavy atom. The van der Waals surface area contributed by atoms with Gasteiger partial charge in [-0.05, 0) is 26.5 Å². The molecule has 2 rings (SSSR count). The predicted molar refractivity (Wildman–Crippen MR) is 142 cm³/mol. The predicted octanol–water partition coefficient (Wildman–Crippen LogP) is 4.49. The molecule has 1 aromatic rings. The molecule has 1 aliphatic rings. The molecule has 2 heterocycles. The van der Waals surface area contributed by atoms with E-state index in [4.69, 9.17) is 18.5 Å². The van der Waals surface area contributed by atoms with Crippen LogP contribution in [0, 0.1) is 6.92 Å². The van der Waals surface area contributed by atoms with Crippen molar-refractivity contribution < 1.29 is 32.4 Å². The molecule has 1 aliphatic heterocycles. The van der Waals surface area contributed by atoms with Gasteiger partial charge in [-0.3, -0.25) is 23.4 Å². The summed E-state index contributed by atoms with van der Waals surface area (Å²) in [5.74, 6) is 0.578. The number of aryl methyl sites for hydroxylation is 1. The van der Waals surface area contributed by atoms with Crippen LogP contribution in [0.25, 0.3) is 0 Å². The molecule has 0 aromatic carbocycles. The third kappa shape index (κ3) is 11.3. The molecule has 2 N–H and O–H groups in total. The van der Waals surface area contributed by atoms with Crippen molar-refractivity contribution in [3.63, 3.8) is 0 Å². The van der Waals surface area contributed by atoms with Gasteiger partial charge in [0, 0.05) is 23.9 Å². The fourth-order valence-corrected chi connectivity index (χ4v) is 5.42. The van der Waals surface area contributed by atoms with Gasteiger partial charge in [-0.15, -0.1) is 0 Å². The lowest BCUT2D eigenvalue weighted by molar-refractivity contribution is -0.0439. The van der Waals surface area contributed by atoms with Gasteiger partial charge in [0.05, 0.1) is 25.4 Å². The van der Waals surface area contributed by atoms with Crippen LogP contribution in [0.4, 0.5) is 4.39 Å². The molecule has 6 unspecified atom stereocenters. The monoisotopic (exact) mass is 568 g/mol. The van der Waals surface area contributed by atoms with Crippen molar-refractivity contribution in [2.45, 2.75) is 103 Å². The Balaban J connectivity index is 1.79. The quantitative estimate of drug-likeness (QED) is 0.194. The Labute approximate surface area is 222 Å². The average Bonchev–Trinajstić information content (AvgIpc) is 3.21. The molecule has 1 fully saturated rings. The number of ether oxygens (including phenoxy) is 2. The highest BCUT2D eigenvalue weighted by Gasteiger charge is 2.39. The number of halogens is 1. The summed E-state index contributed by atoms with van der Waals surface area (Å²) in [6.45, 7) is 5.01. The average molecular weight is 569 g/mol. The molecular formula is C24H42FN2O8PS. The lowest BCUT2D eigenvalue weighted by atomic mass is 10.1. The number of aromatic amines is 1. The summed E-state index contributed by atoms with van der Waals surface area (Å²) in [6, 6.07) is 0. The third-order valence-corrected chi connectivity index (χ3v) is 7.84. The zero-order valence-electron chi connectivity index (χ0n) is 22.2. The summed E-state index contributed by atoms with van der Waals surface area (Å²) in [5, 5.41) is 0. The van der Waals surface area contributed by atoms with Crippen LogP contribution in [0.1, 0.15) is 77.0 Å². The number of nitrogens with zero attached hydrogens (tertiary/aromatic N) is 1. The standard InChI is InChI=1S/C24H42FN2O8PS/c1-5-6-7-8-9-10-11-18(3)34-19(16-37-4)14-32-36(30,31)33-15-21-20(25)12-22(35-21)27-13-17(2)23(28)26-24(27)29/h13,18-22H,5-12,14-16H2,1-4H3,(H,30,31)(H,26,28,29). The lowest BCUT2D eigenvalue weighted by Gasteiger charge is -2.23. The second-order valence-corrected chi connectivity index (χ2v) is 11.9. The van der Waals surface area contributed by atoms with Crippen LogP contribution < -0.4 is 11.2 Å². The van der Waals surface area contributed by atoms with E-state index in [0.29, 0.717) is 5.75 Å². The summed E-state index contributed by atoms with van der Waals surface area (Å²) < 4.78 is 49.8. The van der Waals surface area contributed by atoms with Crippen LogP contribution in [0.15, 0.2) is 15.8 Å². The number of phosphoric acid groups is 1. The van der Waals surface area contributed by atoms with Gasteiger partial charge in [-0.25, -0.2) is 13.8 Å². The largest absolute Gasteiger partial charge is 0.472 e. The van der Waals surface area contributed by atoms with E-state index < -0.39 is 50.3 Å². The van der Waals surface area contributed by atoms with E-state index in [2.05, 4.69) is 11.9 Å². The van der Waals surface area contributed by atoms with Gasteiger partial charge in [0.2, 0.25) is 0 Å². The Morgan fingerprint density at radius 3 is 2.68 bits per heavy atom. The van der Waals surface area contributed by atoms with Gasteiger partial charge in [-0.1, -0.05) is 45.4 Å². The van der Waals surface area contributed by atoms with E-state index in [0.717, 1.165) is 23.8 Å². The first kappa shape index (κ1) is 32.2. The molecule has 37 heavy (non-hydrogen) atoms. The van der Waals surface area contributed by atoms with Crippen LogP contribution in [0.2, 0.25) is 0 Å². The molecule has 0 aliphatic carbocycles. The second-order valence-electron chi connectivity index (χ2n) is 9.50. The molecule has 0 amide bonds. The van der Waals surface area contributed by atoms with Gasteiger partial charge in [0.25, 0.3) is 5.56 Å². The number of unbranched alkanes of at least 4 members (excludes halogenated alkanes) is 5. The highest BCUT2D eigenvalue weighted by atomic mass is 32.2. The van der Waals surface area contributed by atoms with Crippen LogP contribution in [-0.4, -0.2) is 64.2 Å². The molecule has 6 atom stereocenters. The molecule has 1 saturated heterocycles. The molecular weight excluding hydrogens is 526 g/mol. The minimum atomic E-state index is -4.50. The highest BCUT2D eigenvalue weighted by molar-refractivity contribution is 7.98. The van der Waals surface area contributed by atoms with E-state index in [-0.39, 0.29) is 24.7 Å². The molecule has 0 saturated carbocycles. The van der Waals surface area contributed by atoms with Gasteiger partial charge < -0.3 is 14.4 Å². The number of thioether (sulfide) groups is 1. The number of H-pyrrole nitrogens is 1. The maximum Gasteiger partial charge on any atom is 0.472 e. The Kier molecular flexibility index (Phi) is 14.1. The maximum absolute atomic E-state index is 14.5. The molecule has 13 heteroatoms. The summed E-state index contributed by atoms with van der Waals surface area (Å²) in [7, 11) is -4.50. The number of hydrogen-bond donors (Lipinski definition) is 2. The van der Waals surface area contributed by atoms with Crippen molar-refractivity contribution in [2.75, 3.05) is 25.2 Å². The van der Waals surface area contributed by atoms with E-state index in [1.807, 2.05) is 13.2 Å². The number of alkyl halides is 1. The highest BCUT2D eigenvalue weighted by Crippen LogP contribution is 2.45. The van der Waals surface area contributed by atoms with Crippen LogP contribution in [0.3, 0.4) is 0 Å². The third-order valence-electron chi connectivity index (χ3n) is 6.19. The second kappa shape index (κ2) is 16.2. The first-order valence-corrected chi connectivity index (χ1v) is 15.8. The number of aromatic nitrogens is 2. The van der Waals surface area contributed by atoms with Crippen molar-refractivity contribution in [1.29, 1.82) is 0 Å². The first-order chi connectivity index (χ1) is 17.6. The fraction of sp³-hybridized carbons (Fsp3) is 0.833. The van der Waals surface area contributed by atoms with Gasteiger partial charge in [0.15, 0.2) is 0 Å². The summed E-state index contributed by atoms with van der Waals surface area (Å²) in [4.78, 5) is 35.9. The number of nitrogens with one attached hydrogen (secondary N) is 1. The Morgan fingerprint density at radius 1 is 1.27 bits per heavy atom. The van der Waals surface area contributed by atoms with Crippen LogP contribution >= 0.6 is 19.6 Å². The first-order valence-electron chi connectivity index (χ1n) is 12.9. The summed E-state index contributed by atoms with van der Waals surface area (Å²) in [5.41, 5.74) is -0.985. The van der Waals surface area contributed by atoms with Crippen molar-refractivity contribution in [1.82, 2.24) is 9.55 Å². The molecule has 0 radical (unpaired) electrons. The van der Waals surface area contributed by atoms with E-state index in [1.165, 1.54) is 50.6 Å². The molecule has 214 valence electrons. The molecule has 1 aromatic heterocycles. The minimum absolute atomic E-state index is 0.0120. The van der Waals surface area contributed by atoms with Crippen molar-refractivity contribution in [3.05, 3.63) is 32.6 Å². The molecule has 0 spiro atoms. The smallest absolute Gasteiger partial charge is 0.372 e. The zero-order valence-corrected chi connectivity index (χ0v) is 23.9. The SMILES string of the molecule is CCCCCCCCC(C)OC(COP(=O)(O)OCC1OC(n2cc(C)c(=O)[nH]c2=O)CC1F)CSC. The molecule has 10 nitrogen and oxygen atoms in total. The van der Waals surface area contributed by atoms with Crippen LogP contribution in [-0.2, 0) is 23.1 Å². The van der Waals surface area contributed by atoms with Crippen molar-refractivity contribution in [2.24, 2.45) is 0 Å². The lowest BCUT2D eigenvalue weighted by Crippen LogP contribution is -2.33. The Hall–Kier alpha value is -1.01. The Bertz CT molecular complexity index is 977. The maximum atomic E-state index is 14.5. The van der Waals surface area contributed by atoms with Gasteiger partial charge in [0.1, 0.15) is 18.5 Å². The zero-order chi connectivity index (χ0) is 27.4. The fourth-order valence-electron chi connectivity index (χ4n) is 4.11. The van der Waals surface area contributed by atoms with E-state index in [1.54, 1.807) is 0 Å². The van der Waals surface area contributed by atoms with Crippen molar-refractivity contribution >= 4 is 19.6 Å². The van der Waals surface area contributed by atoms with Crippen molar-refractivity contribution in [3.8, 4) is 0 Å². The number of hydrogen-bond acceptors (Lipinski definition) is 8. The number of rotatable bonds is 18. The summed E-state index contributed by atoms with van der Waals surface area (Å²) >= 11 is 1.54. The molecule has 0 bridgehead atoms. The van der Waals surface area contributed by atoms with E-state index in [9.17, 15) is 23.4 Å². The number of phosphoric ester groups is 1. The van der Waals surface area contributed by atoms with Crippen LogP contribution in [0.5, 0.6) is 0 Å². The van der Waals surface area contributed by atoms with E-state index >= 15 is 0 Å². The van der Waals surface area contributed by atoms with Gasteiger partial charge in [-0.2, -0.15) is 11.8 Å².